The molecule has 30 heavy (non-hydrogen) atoms. The largest absolute Gasteiger partial charge is 0.484 e. The van der Waals surface area contributed by atoms with E-state index in [1.165, 1.54) is 18.0 Å². The number of hydrogen-bond acceptors (Lipinski definition) is 7. The van der Waals surface area contributed by atoms with E-state index in [4.69, 9.17) is 9.47 Å². The zero-order valence-corrected chi connectivity index (χ0v) is 16.8. The average Bonchev–Trinajstić information content (AvgIpc) is 2.78. The lowest BCUT2D eigenvalue weighted by molar-refractivity contribution is -0.111. The third kappa shape index (κ3) is 3.17. The number of ketones is 2. The summed E-state index contributed by atoms with van der Waals surface area (Å²) in [6, 6.07) is 10.4. The Bertz CT molecular complexity index is 1070. The van der Waals surface area contributed by atoms with Crippen molar-refractivity contribution in [2.24, 2.45) is 0 Å². The number of ether oxygens (including phenoxy) is 2. The fourth-order valence-corrected chi connectivity index (χ4v) is 5.19. The number of benzene rings is 1. The molecule has 0 atom stereocenters. The van der Waals surface area contributed by atoms with Crippen LogP contribution >= 0.6 is 11.8 Å². The Morgan fingerprint density at radius 2 is 1.83 bits per heavy atom. The van der Waals surface area contributed by atoms with Gasteiger partial charge in [0.05, 0.1) is 6.20 Å². The number of amides is 1. The summed E-state index contributed by atoms with van der Waals surface area (Å²) < 4.78 is 11.8. The van der Waals surface area contributed by atoms with E-state index < -0.39 is 23.3 Å². The first-order chi connectivity index (χ1) is 14.6. The predicted octanol–water partition coefficient (Wildman–Crippen LogP) is 3.31. The van der Waals surface area contributed by atoms with Crippen molar-refractivity contribution in [2.45, 2.75) is 18.4 Å². The number of pyridine rings is 1. The maximum atomic E-state index is 12.5. The van der Waals surface area contributed by atoms with E-state index in [1.807, 2.05) is 12.1 Å². The summed E-state index contributed by atoms with van der Waals surface area (Å²) in [5.41, 5.74) is 0.570. The molecule has 1 fully saturated rings. The minimum atomic E-state index is -0.499. The molecule has 1 aliphatic carbocycles. The molecule has 0 unspecified atom stereocenters. The lowest BCUT2D eigenvalue weighted by Crippen LogP contribution is -2.51. The first-order valence-corrected chi connectivity index (χ1v) is 10.7. The van der Waals surface area contributed by atoms with Crippen LogP contribution in [0.5, 0.6) is 5.75 Å². The fourth-order valence-electron chi connectivity index (χ4n) is 3.93. The van der Waals surface area contributed by atoms with Gasteiger partial charge in [0.1, 0.15) is 16.3 Å². The van der Waals surface area contributed by atoms with Crippen molar-refractivity contribution in [1.29, 1.82) is 0 Å². The molecule has 0 saturated carbocycles. The van der Waals surface area contributed by atoms with E-state index in [9.17, 15) is 14.4 Å². The van der Waals surface area contributed by atoms with E-state index >= 15 is 0 Å². The fraction of sp³-hybridized carbons (Fsp3) is 0.273. The van der Waals surface area contributed by atoms with Gasteiger partial charge in [-0.05, 0) is 12.1 Å². The summed E-state index contributed by atoms with van der Waals surface area (Å²) >= 11 is 1.38. The summed E-state index contributed by atoms with van der Waals surface area (Å²) in [5, 5.41) is 0. The Kier molecular flexibility index (Phi) is 4.58. The molecule has 152 valence electrons. The monoisotopic (exact) mass is 422 g/mol. The highest BCUT2D eigenvalue weighted by Crippen LogP contribution is 2.47. The van der Waals surface area contributed by atoms with Crippen molar-refractivity contribution in [3.63, 3.8) is 0 Å². The summed E-state index contributed by atoms with van der Waals surface area (Å²) in [6.45, 7) is 0.966. The molecule has 3 aliphatic rings. The van der Waals surface area contributed by atoms with Gasteiger partial charge in [0.25, 0.3) is 0 Å². The van der Waals surface area contributed by atoms with Gasteiger partial charge in [-0.25, -0.2) is 4.79 Å². The number of nitrogens with zero attached hydrogens (tertiary/aromatic N) is 2. The normalized spacial score (nSPS) is 19.8. The van der Waals surface area contributed by atoms with Gasteiger partial charge >= 0.3 is 6.09 Å². The lowest BCUT2D eigenvalue weighted by atomic mass is 9.90. The quantitative estimate of drug-likeness (QED) is 0.652. The van der Waals surface area contributed by atoms with Gasteiger partial charge in [0.15, 0.2) is 5.75 Å². The minimum absolute atomic E-state index is 0.386. The van der Waals surface area contributed by atoms with Gasteiger partial charge < -0.3 is 14.4 Å². The molecule has 8 heteroatoms. The molecule has 3 heterocycles. The number of Topliss-reactive ketones (excluding diaryl/α,β-unsaturated/α-hetero) is 2. The maximum Gasteiger partial charge on any atom is 0.415 e. The standard InChI is InChI=1S/C22H18N2O5S/c25-17-15-5-1-2-6-16(15)19-20(18(17)26)30-13-22(29-19)7-10-24(11-8-22)21(27)28-14-4-3-9-23-12-14/h1-6,9,12H,7-8,10-11,13H2. The van der Waals surface area contributed by atoms with Crippen LogP contribution < -0.4 is 4.74 Å². The Balaban J connectivity index is 1.32. The molecular weight excluding hydrogens is 404 g/mol. The summed E-state index contributed by atoms with van der Waals surface area (Å²) in [4.78, 5) is 43.4. The van der Waals surface area contributed by atoms with E-state index in [0.717, 1.165) is 0 Å². The Hall–Kier alpha value is -3.13. The number of carbonyl (C=O) groups is 3. The number of rotatable bonds is 1. The Morgan fingerprint density at radius 3 is 2.57 bits per heavy atom. The molecule has 0 N–H and O–H groups in total. The van der Waals surface area contributed by atoms with Crippen molar-refractivity contribution < 1.29 is 23.9 Å². The molecule has 1 saturated heterocycles. The van der Waals surface area contributed by atoms with Crippen LogP contribution in [-0.4, -0.2) is 52.0 Å². The van der Waals surface area contributed by atoms with E-state index in [1.54, 1.807) is 35.4 Å². The van der Waals surface area contributed by atoms with E-state index in [-0.39, 0.29) is 0 Å². The molecule has 7 nitrogen and oxygen atoms in total. The van der Waals surface area contributed by atoms with Gasteiger partial charge in [-0.1, -0.05) is 24.3 Å². The Morgan fingerprint density at radius 1 is 1.07 bits per heavy atom. The first-order valence-electron chi connectivity index (χ1n) is 9.68. The number of likely N-dealkylation sites (tertiary alicyclic amines) is 1. The number of aromatic nitrogens is 1. The zero-order chi connectivity index (χ0) is 20.7. The highest BCUT2D eigenvalue weighted by molar-refractivity contribution is 8.04. The molecular formula is C22H18N2O5S. The highest BCUT2D eigenvalue weighted by atomic mass is 32.2. The van der Waals surface area contributed by atoms with E-state index in [0.29, 0.717) is 59.2 Å². The molecule has 2 aliphatic heterocycles. The maximum absolute atomic E-state index is 12.5. The molecule has 1 amide bonds. The third-order valence-electron chi connectivity index (χ3n) is 5.61. The second-order valence-electron chi connectivity index (χ2n) is 7.48. The van der Waals surface area contributed by atoms with Crippen LogP contribution in [-0.2, 0) is 9.53 Å². The summed E-state index contributed by atoms with van der Waals surface area (Å²) in [7, 11) is 0. The number of thioether (sulfide) groups is 1. The summed E-state index contributed by atoms with van der Waals surface area (Å²) in [6.07, 6.45) is 3.93. The first kappa shape index (κ1) is 18.9. The van der Waals surface area contributed by atoms with Crippen molar-refractivity contribution in [2.75, 3.05) is 18.8 Å². The summed E-state index contributed by atoms with van der Waals surface area (Å²) in [5.74, 6) is 0.491. The van der Waals surface area contributed by atoms with Crippen molar-refractivity contribution in [1.82, 2.24) is 9.88 Å². The van der Waals surface area contributed by atoms with Gasteiger partial charge in [-0.15, -0.1) is 11.8 Å². The molecule has 1 aromatic carbocycles. The van der Waals surface area contributed by atoms with Crippen LogP contribution in [0.3, 0.4) is 0 Å². The van der Waals surface area contributed by atoms with Crippen LogP contribution in [0.4, 0.5) is 4.79 Å². The second-order valence-corrected chi connectivity index (χ2v) is 8.47. The second kappa shape index (κ2) is 7.28. The molecule has 1 spiro atoms. The number of fused-ring (bicyclic) bond motifs is 2. The molecule has 0 radical (unpaired) electrons. The average molecular weight is 422 g/mol. The predicted molar refractivity (Wildman–Crippen MR) is 110 cm³/mol. The van der Waals surface area contributed by atoms with Gasteiger partial charge in [0, 0.05) is 49.0 Å². The SMILES string of the molecule is O=C1C(=O)c2ccccc2C2=C1SCC1(CCN(C(=O)Oc3cccnc3)CC1)O2. The van der Waals surface area contributed by atoms with Crippen LogP contribution in [0.1, 0.15) is 28.8 Å². The third-order valence-corrected chi connectivity index (χ3v) is 6.94. The van der Waals surface area contributed by atoms with Crippen LogP contribution in [0.25, 0.3) is 5.76 Å². The molecule has 5 rings (SSSR count). The number of piperidine rings is 1. The highest BCUT2D eigenvalue weighted by Gasteiger charge is 2.46. The number of allylic oxidation sites excluding steroid dienone is 1. The number of hydrogen-bond donors (Lipinski definition) is 0. The van der Waals surface area contributed by atoms with Gasteiger partial charge in [-0.2, -0.15) is 0 Å². The number of carbonyl (C=O) groups excluding carboxylic acids is 3. The molecule has 1 aromatic heterocycles. The lowest BCUT2D eigenvalue weighted by Gasteiger charge is -2.45. The molecule has 2 aromatic rings. The van der Waals surface area contributed by atoms with Gasteiger partial charge in [0.2, 0.25) is 11.6 Å². The Labute approximate surface area is 177 Å². The van der Waals surface area contributed by atoms with Crippen molar-refractivity contribution >= 4 is 35.2 Å². The van der Waals surface area contributed by atoms with Crippen LogP contribution in [0.2, 0.25) is 0 Å². The molecule has 0 bridgehead atoms. The van der Waals surface area contributed by atoms with Crippen molar-refractivity contribution in [3.05, 3.63) is 64.8 Å². The van der Waals surface area contributed by atoms with Crippen LogP contribution in [0.15, 0.2) is 53.7 Å². The van der Waals surface area contributed by atoms with Crippen molar-refractivity contribution in [3.8, 4) is 5.75 Å². The van der Waals surface area contributed by atoms with Crippen LogP contribution in [0, 0.1) is 0 Å². The van der Waals surface area contributed by atoms with Gasteiger partial charge in [-0.3, -0.25) is 14.6 Å². The minimum Gasteiger partial charge on any atom is -0.484 e. The zero-order valence-electron chi connectivity index (χ0n) is 16.0. The van der Waals surface area contributed by atoms with E-state index in [2.05, 4.69) is 4.98 Å². The topological polar surface area (TPSA) is 85.8 Å². The smallest absolute Gasteiger partial charge is 0.415 e.